The predicted octanol–water partition coefficient (Wildman–Crippen LogP) is 2.48. The fraction of sp³-hybridized carbons (Fsp3) is 0.667. The monoisotopic (exact) mass is 321 g/mol. The van der Waals surface area contributed by atoms with Gasteiger partial charge < -0.3 is 14.7 Å². The number of allylic oxidation sites excluding steroid dienone is 2. The Bertz CT molecular complexity index is 444. The van der Waals surface area contributed by atoms with Crippen LogP contribution in [-0.2, 0) is 14.3 Å². The molecule has 0 radical (unpaired) electrons. The van der Waals surface area contributed by atoms with Gasteiger partial charge in [0, 0.05) is 25.6 Å². The van der Waals surface area contributed by atoms with E-state index in [4.69, 9.17) is 4.74 Å². The van der Waals surface area contributed by atoms with Gasteiger partial charge in [-0.25, -0.2) is 0 Å². The Morgan fingerprint density at radius 3 is 2.30 bits per heavy atom. The standard InChI is InChI=1S/C18H27NO4/c1-3-5-14(6-4-2)17(20)19-10-7-13(8-11-19)16-15(18(21)22)9-12-23-16/h3-4,13-16H,1-2,5-12H2,(H,21,22)/t15?,16-/m0/s1. The second kappa shape index (κ2) is 8.29. The van der Waals surface area contributed by atoms with E-state index in [-0.39, 0.29) is 23.8 Å². The molecule has 0 aliphatic carbocycles. The van der Waals surface area contributed by atoms with Crippen LogP contribution in [0.1, 0.15) is 32.1 Å². The van der Waals surface area contributed by atoms with Gasteiger partial charge in [-0.05, 0) is 38.0 Å². The number of nitrogens with zero attached hydrogens (tertiary/aromatic N) is 1. The Balaban J connectivity index is 1.90. The zero-order valence-electron chi connectivity index (χ0n) is 13.7. The molecule has 5 nitrogen and oxygen atoms in total. The smallest absolute Gasteiger partial charge is 0.309 e. The van der Waals surface area contributed by atoms with Crippen LogP contribution in [-0.4, -0.2) is 47.7 Å². The summed E-state index contributed by atoms with van der Waals surface area (Å²) < 4.78 is 5.68. The summed E-state index contributed by atoms with van der Waals surface area (Å²) >= 11 is 0. The normalized spacial score (nSPS) is 25.5. The molecular weight excluding hydrogens is 294 g/mol. The Morgan fingerprint density at radius 1 is 1.17 bits per heavy atom. The second-order valence-electron chi connectivity index (χ2n) is 6.48. The van der Waals surface area contributed by atoms with E-state index in [1.807, 2.05) is 4.90 Å². The van der Waals surface area contributed by atoms with Crippen LogP contribution >= 0.6 is 0 Å². The minimum absolute atomic E-state index is 0.0731. The van der Waals surface area contributed by atoms with Gasteiger partial charge in [-0.3, -0.25) is 9.59 Å². The first kappa shape index (κ1) is 17.7. The quantitative estimate of drug-likeness (QED) is 0.732. The molecule has 2 heterocycles. The number of aliphatic carboxylic acids is 1. The van der Waals surface area contributed by atoms with Gasteiger partial charge in [0.05, 0.1) is 12.0 Å². The van der Waals surface area contributed by atoms with Crippen molar-refractivity contribution in [3.8, 4) is 0 Å². The minimum atomic E-state index is -0.761. The fourth-order valence-corrected chi connectivity index (χ4v) is 3.75. The second-order valence-corrected chi connectivity index (χ2v) is 6.48. The van der Waals surface area contributed by atoms with E-state index in [1.165, 1.54) is 0 Å². The van der Waals surface area contributed by atoms with E-state index in [1.54, 1.807) is 12.2 Å². The summed E-state index contributed by atoms with van der Waals surface area (Å²) in [6, 6.07) is 0. The number of carbonyl (C=O) groups is 2. The molecule has 1 N–H and O–H groups in total. The highest BCUT2D eigenvalue weighted by atomic mass is 16.5. The molecule has 0 aromatic carbocycles. The Kier molecular flexibility index (Phi) is 6.39. The van der Waals surface area contributed by atoms with E-state index < -0.39 is 11.9 Å². The third kappa shape index (κ3) is 4.22. The van der Waals surface area contributed by atoms with Crippen LogP contribution in [0.4, 0.5) is 0 Å². The molecule has 2 rings (SSSR count). The molecule has 128 valence electrons. The summed E-state index contributed by atoms with van der Waals surface area (Å²) in [7, 11) is 0. The summed E-state index contributed by atoms with van der Waals surface area (Å²) in [5.41, 5.74) is 0. The SMILES string of the molecule is C=CCC(CC=C)C(=O)N1CCC([C@@H]2OCCC2C(=O)O)CC1. The van der Waals surface area contributed by atoms with Crippen molar-refractivity contribution in [2.24, 2.45) is 17.8 Å². The van der Waals surface area contributed by atoms with Crippen LogP contribution in [0, 0.1) is 17.8 Å². The van der Waals surface area contributed by atoms with Gasteiger partial charge in [0.2, 0.25) is 5.91 Å². The van der Waals surface area contributed by atoms with Gasteiger partial charge in [0.1, 0.15) is 0 Å². The van der Waals surface area contributed by atoms with Crippen molar-refractivity contribution >= 4 is 11.9 Å². The van der Waals surface area contributed by atoms with Crippen LogP contribution in [0.3, 0.4) is 0 Å². The first-order valence-electron chi connectivity index (χ1n) is 8.43. The molecule has 2 saturated heterocycles. The maximum atomic E-state index is 12.6. The molecule has 0 spiro atoms. The lowest BCUT2D eigenvalue weighted by Crippen LogP contribution is -2.45. The van der Waals surface area contributed by atoms with Gasteiger partial charge in [-0.1, -0.05) is 12.2 Å². The number of carboxylic acids is 1. The van der Waals surface area contributed by atoms with Crippen molar-refractivity contribution in [2.75, 3.05) is 19.7 Å². The van der Waals surface area contributed by atoms with Crippen molar-refractivity contribution < 1.29 is 19.4 Å². The number of piperidine rings is 1. The average Bonchev–Trinajstić information content (AvgIpc) is 3.04. The molecule has 2 aliphatic rings. The van der Waals surface area contributed by atoms with E-state index >= 15 is 0 Å². The van der Waals surface area contributed by atoms with Crippen molar-refractivity contribution in [1.82, 2.24) is 4.90 Å². The molecule has 2 atom stereocenters. The minimum Gasteiger partial charge on any atom is -0.481 e. The Morgan fingerprint density at radius 2 is 1.78 bits per heavy atom. The van der Waals surface area contributed by atoms with Gasteiger partial charge in [0.15, 0.2) is 0 Å². The number of amides is 1. The maximum Gasteiger partial charge on any atom is 0.309 e. The number of carboxylic acid groups (broad SMARTS) is 1. The van der Waals surface area contributed by atoms with Gasteiger partial charge in [-0.15, -0.1) is 13.2 Å². The van der Waals surface area contributed by atoms with Crippen LogP contribution in [0.5, 0.6) is 0 Å². The van der Waals surface area contributed by atoms with E-state index in [2.05, 4.69) is 13.2 Å². The topological polar surface area (TPSA) is 66.8 Å². The van der Waals surface area contributed by atoms with E-state index in [9.17, 15) is 14.7 Å². The summed E-state index contributed by atoms with van der Waals surface area (Å²) in [6.07, 6.45) is 6.92. The van der Waals surface area contributed by atoms with Crippen LogP contribution in [0.15, 0.2) is 25.3 Å². The number of likely N-dealkylation sites (tertiary alicyclic amines) is 1. The van der Waals surface area contributed by atoms with Crippen molar-refractivity contribution in [2.45, 2.75) is 38.2 Å². The van der Waals surface area contributed by atoms with Crippen molar-refractivity contribution in [1.29, 1.82) is 0 Å². The maximum absolute atomic E-state index is 12.6. The predicted molar refractivity (Wildman–Crippen MR) is 87.9 cm³/mol. The van der Waals surface area contributed by atoms with E-state index in [0.717, 1.165) is 12.8 Å². The van der Waals surface area contributed by atoms with E-state index in [0.29, 0.717) is 39.0 Å². The summed E-state index contributed by atoms with van der Waals surface area (Å²) in [6.45, 7) is 9.34. The summed E-state index contributed by atoms with van der Waals surface area (Å²) in [5.74, 6) is -0.833. The Labute approximate surface area is 138 Å². The number of ether oxygens (including phenoxy) is 1. The molecule has 0 aromatic rings. The lowest BCUT2D eigenvalue weighted by molar-refractivity contribution is -0.146. The van der Waals surface area contributed by atoms with Crippen molar-refractivity contribution in [3.05, 3.63) is 25.3 Å². The van der Waals surface area contributed by atoms with Crippen molar-refractivity contribution in [3.63, 3.8) is 0 Å². The largest absolute Gasteiger partial charge is 0.481 e. The number of hydrogen-bond donors (Lipinski definition) is 1. The fourth-order valence-electron chi connectivity index (χ4n) is 3.75. The molecule has 1 amide bonds. The first-order chi connectivity index (χ1) is 11.1. The highest BCUT2D eigenvalue weighted by Crippen LogP contribution is 2.33. The van der Waals surface area contributed by atoms with Crippen LogP contribution in [0.2, 0.25) is 0 Å². The molecule has 5 heteroatoms. The summed E-state index contributed by atoms with van der Waals surface area (Å²) in [4.78, 5) is 25.8. The average molecular weight is 321 g/mol. The molecule has 2 aliphatic heterocycles. The van der Waals surface area contributed by atoms with Crippen LogP contribution < -0.4 is 0 Å². The molecular formula is C18H27NO4. The number of hydrogen-bond acceptors (Lipinski definition) is 3. The molecule has 0 aromatic heterocycles. The lowest BCUT2D eigenvalue weighted by Gasteiger charge is -2.36. The molecule has 1 unspecified atom stereocenters. The number of rotatable bonds is 7. The van der Waals surface area contributed by atoms with Crippen LogP contribution in [0.25, 0.3) is 0 Å². The zero-order valence-corrected chi connectivity index (χ0v) is 13.7. The zero-order chi connectivity index (χ0) is 16.8. The highest BCUT2D eigenvalue weighted by Gasteiger charge is 2.41. The Hall–Kier alpha value is -1.62. The summed E-state index contributed by atoms with van der Waals surface area (Å²) in [5, 5.41) is 9.28. The van der Waals surface area contributed by atoms with Gasteiger partial charge in [0.25, 0.3) is 0 Å². The first-order valence-corrected chi connectivity index (χ1v) is 8.43. The molecule has 2 fully saturated rings. The molecule has 0 saturated carbocycles. The van der Waals surface area contributed by atoms with Gasteiger partial charge in [-0.2, -0.15) is 0 Å². The lowest BCUT2D eigenvalue weighted by atomic mass is 9.84. The highest BCUT2D eigenvalue weighted by molar-refractivity contribution is 5.79. The van der Waals surface area contributed by atoms with Gasteiger partial charge >= 0.3 is 5.97 Å². The molecule has 0 bridgehead atoms. The number of carbonyl (C=O) groups excluding carboxylic acids is 1. The molecule has 23 heavy (non-hydrogen) atoms. The third-order valence-electron chi connectivity index (χ3n) is 5.02. The third-order valence-corrected chi connectivity index (χ3v) is 5.02.